The molecule has 1 heterocycles. The van der Waals surface area contributed by atoms with E-state index in [4.69, 9.17) is 32.7 Å². The van der Waals surface area contributed by atoms with Crippen molar-refractivity contribution in [2.45, 2.75) is 50.2 Å². The number of fused-ring (bicyclic) bond motifs is 3. The van der Waals surface area contributed by atoms with E-state index >= 15 is 0 Å². The summed E-state index contributed by atoms with van der Waals surface area (Å²) in [6.45, 7) is 0. The summed E-state index contributed by atoms with van der Waals surface area (Å²) in [5.41, 5.74) is 0.613. The number of benzene rings is 2. The van der Waals surface area contributed by atoms with Gasteiger partial charge in [0.1, 0.15) is 17.0 Å². The van der Waals surface area contributed by atoms with E-state index in [-0.39, 0.29) is 29.6 Å². The van der Waals surface area contributed by atoms with Gasteiger partial charge in [-0.2, -0.15) is 0 Å². The van der Waals surface area contributed by atoms with Gasteiger partial charge in [0.15, 0.2) is 5.78 Å². The van der Waals surface area contributed by atoms with E-state index in [0.717, 1.165) is 43.2 Å². The van der Waals surface area contributed by atoms with Crippen molar-refractivity contribution in [1.82, 2.24) is 5.32 Å². The van der Waals surface area contributed by atoms with Crippen molar-refractivity contribution in [3.63, 3.8) is 0 Å². The zero-order valence-corrected chi connectivity index (χ0v) is 18.7. The summed E-state index contributed by atoms with van der Waals surface area (Å²) in [7, 11) is 1.73. The number of amides is 1. The van der Waals surface area contributed by atoms with E-state index in [1.807, 2.05) is 18.2 Å². The van der Waals surface area contributed by atoms with Gasteiger partial charge >= 0.3 is 0 Å². The van der Waals surface area contributed by atoms with Crippen molar-refractivity contribution < 1.29 is 19.1 Å². The number of hydrogen-bond donors (Lipinski definition) is 1. The standard InChI is InChI=1S/C24H23Cl2NO4/c1-30-17-4-6-23(7-5-17)13-14-2-3-18(31-19-9-15(25)8-16(26)10-19)11-20(14)24(23)21(28)12-22(29)27-24/h2-3,8-11,17H,4-7,12-13H2,1H3,(H,27,29). The van der Waals surface area contributed by atoms with Gasteiger partial charge in [-0.05, 0) is 73.6 Å². The van der Waals surface area contributed by atoms with Crippen LogP contribution in [-0.4, -0.2) is 24.9 Å². The Morgan fingerprint density at radius 3 is 2.32 bits per heavy atom. The molecule has 31 heavy (non-hydrogen) atoms. The maximum atomic E-state index is 13.4. The molecular weight excluding hydrogens is 437 g/mol. The van der Waals surface area contributed by atoms with Crippen LogP contribution in [0.3, 0.4) is 0 Å². The first kappa shape index (κ1) is 20.8. The number of nitrogens with one attached hydrogen (secondary N) is 1. The minimum absolute atomic E-state index is 0.0462. The second kappa shape index (κ2) is 7.51. The van der Waals surface area contributed by atoms with Crippen LogP contribution >= 0.6 is 23.2 Å². The molecule has 162 valence electrons. The second-order valence-electron chi connectivity index (χ2n) is 8.82. The highest BCUT2D eigenvalue weighted by molar-refractivity contribution is 6.34. The fraction of sp³-hybridized carbons (Fsp3) is 0.417. The summed E-state index contributed by atoms with van der Waals surface area (Å²) in [5, 5.41) is 4.07. The van der Waals surface area contributed by atoms with Crippen molar-refractivity contribution in [3.8, 4) is 11.5 Å². The van der Waals surface area contributed by atoms with Crippen LogP contribution in [0.1, 0.15) is 43.2 Å². The molecule has 2 aromatic carbocycles. The van der Waals surface area contributed by atoms with Crippen molar-refractivity contribution in [2.24, 2.45) is 5.41 Å². The topological polar surface area (TPSA) is 64.6 Å². The molecule has 5 nitrogen and oxygen atoms in total. The zero-order chi connectivity index (χ0) is 21.8. The largest absolute Gasteiger partial charge is 0.457 e. The minimum Gasteiger partial charge on any atom is -0.457 e. The lowest BCUT2D eigenvalue weighted by Gasteiger charge is -2.47. The molecule has 1 N–H and O–H groups in total. The van der Waals surface area contributed by atoms with Crippen molar-refractivity contribution in [3.05, 3.63) is 57.6 Å². The van der Waals surface area contributed by atoms with Gasteiger partial charge in [0.05, 0.1) is 12.5 Å². The fourth-order valence-electron chi connectivity index (χ4n) is 5.81. The molecule has 2 spiro atoms. The number of carbonyl (C=O) groups is 2. The molecule has 3 aliphatic rings. The Balaban J connectivity index is 1.56. The van der Waals surface area contributed by atoms with Gasteiger partial charge in [-0.15, -0.1) is 0 Å². The summed E-state index contributed by atoms with van der Waals surface area (Å²) in [4.78, 5) is 25.8. The number of hydrogen-bond acceptors (Lipinski definition) is 4. The van der Waals surface area contributed by atoms with E-state index in [0.29, 0.717) is 21.5 Å². The first-order valence-corrected chi connectivity index (χ1v) is 11.3. The Kier molecular flexibility index (Phi) is 5.04. The number of ketones is 1. The van der Waals surface area contributed by atoms with Crippen LogP contribution in [0.25, 0.3) is 0 Å². The predicted molar refractivity (Wildman–Crippen MR) is 118 cm³/mol. The third-order valence-corrected chi connectivity index (χ3v) is 7.61. The number of rotatable bonds is 3. The smallest absolute Gasteiger partial charge is 0.228 e. The van der Waals surface area contributed by atoms with Crippen LogP contribution in [0.4, 0.5) is 0 Å². The van der Waals surface area contributed by atoms with Gasteiger partial charge in [-0.3, -0.25) is 9.59 Å². The minimum atomic E-state index is -0.997. The summed E-state index contributed by atoms with van der Waals surface area (Å²) < 4.78 is 11.6. The van der Waals surface area contributed by atoms with E-state index < -0.39 is 5.54 Å². The maximum absolute atomic E-state index is 13.4. The highest BCUT2D eigenvalue weighted by Crippen LogP contribution is 2.60. The molecule has 1 amide bonds. The molecular formula is C24H23Cl2NO4. The first-order chi connectivity index (χ1) is 14.8. The monoisotopic (exact) mass is 459 g/mol. The zero-order valence-electron chi connectivity index (χ0n) is 17.2. The molecule has 0 bridgehead atoms. The Labute approximate surface area is 191 Å². The molecule has 1 unspecified atom stereocenters. The molecule has 2 aliphatic carbocycles. The van der Waals surface area contributed by atoms with Gasteiger partial charge in [-0.25, -0.2) is 0 Å². The molecule has 7 heteroatoms. The first-order valence-electron chi connectivity index (χ1n) is 10.5. The number of carbonyl (C=O) groups excluding carboxylic acids is 2. The molecule has 5 rings (SSSR count). The number of Topliss-reactive ketones (excluding diaryl/α,β-unsaturated/α-hetero) is 1. The Morgan fingerprint density at radius 1 is 1.00 bits per heavy atom. The molecule has 1 saturated heterocycles. The van der Waals surface area contributed by atoms with E-state index in [9.17, 15) is 9.59 Å². The Morgan fingerprint density at radius 2 is 1.71 bits per heavy atom. The molecule has 0 aromatic heterocycles. The average Bonchev–Trinajstić information content (AvgIpc) is 3.16. The summed E-state index contributed by atoms with van der Waals surface area (Å²) in [6.07, 6.45) is 4.28. The van der Waals surface area contributed by atoms with Crippen LogP contribution in [-0.2, 0) is 26.3 Å². The number of methoxy groups -OCH3 is 1. The molecule has 2 aromatic rings. The number of halogens is 2. The normalized spacial score (nSPS) is 29.5. The lowest BCUT2D eigenvalue weighted by Crippen LogP contribution is -2.56. The third kappa shape index (κ3) is 3.25. The van der Waals surface area contributed by atoms with Crippen LogP contribution in [0.15, 0.2) is 36.4 Å². The van der Waals surface area contributed by atoms with Gasteiger partial charge < -0.3 is 14.8 Å². The number of ether oxygens (including phenoxy) is 2. The molecule has 1 aliphatic heterocycles. The lowest BCUT2D eigenvalue weighted by atomic mass is 9.60. The van der Waals surface area contributed by atoms with E-state index in [1.54, 1.807) is 25.3 Å². The predicted octanol–water partition coefficient (Wildman–Crippen LogP) is 5.20. The van der Waals surface area contributed by atoms with E-state index in [1.165, 1.54) is 0 Å². The van der Waals surface area contributed by atoms with Gasteiger partial charge in [0.2, 0.25) is 5.91 Å². The van der Waals surface area contributed by atoms with Crippen molar-refractivity contribution in [1.29, 1.82) is 0 Å². The quantitative estimate of drug-likeness (QED) is 0.640. The van der Waals surface area contributed by atoms with Gasteiger partial charge in [0, 0.05) is 22.6 Å². The van der Waals surface area contributed by atoms with E-state index in [2.05, 4.69) is 5.32 Å². The Bertz CT molecular complexity index is 1060. The van der Waals surface area contributed by atoms with Crippen LogP contribution in [0, 0.1) is 5.41 Å². The van der Waals surface area contributed by atoms with Crippen molar-refractivity contribution in [2.75, 3.05) is 7.11 Å². The summed E-state index contributed by atoms with van der Waals surface area (Å²) in [5.74, 6) is 0.837. The molecule has 0 radical (unpaired) electrons. The lowest BCUT2D eigenvalue weighted by molar-refractivity contribution is -0.129. The highest BCUT2D eigenvalue weighted by Gasteiger charge is 2.65. The van der Waals surface area contributed by atoms with Crippen LogP contribution < -0.4 is 10.1 Å². The molecule has 1 saturated carbocycles. The van der Waals surface area contributed by atoms with Crippen molar-refractivity contribution >= 4 is 34.9 Å². The summed E-state index contributed by atoms with van der Waals surface area (Å²) in [6, 6.07) is 10.8. The average molecular weight is 460 g/mol. The second-order valence-corrected chi connectivity index (χ2v) is 9.69. The highest BCUT2D eigenvalue weighted by atomic mass is 35.5. The molecule has 2 fully saturated rings. The van der Waals surface area contributed by atoms with Crippen LogP contribution in [0.2, 0.25) is 10.0 Å². The van der Waals surface area contributed by atoms with Gasteiger partial charge in [-0.1, -0.05) is 29.3 Å². The van der Waals surface area contributed by atoms with Crippen LogP contribution in [0.5, 0.6) is 11.5 Å². The molecule has 1 atom stereocenters. The fourth-order valence-corrected chi connectivity index (χ4v) is 6.31. The SMILES string of the molecule is COC1CCC2(CC1)Cc1ccc(Oc3cc(Cl)cc(Cl)c3)cc1C21NC(=O)CC1=O. The third-order valence-electron chi connectivity index (χ3n) is 7.17. The van der Waals surface area contributed by atoms with Gasteiger partial charge in [0.25, 0.3) is 0 Å². The summed E-state index contributed by atoms with van der Waals surface area (Å²) >= 11 is 12.2. The maximum Gasteiger partial charge on any atom is 0.228 e. The Hall–Kier alpha value is -2.08.